The van der Waals surface area contributed by atoms with Gasteiger partial charge in [0.05, 0.1) is 12.1 Å². The van der Waals surface area contributed by atoms with E-state index in [1.165, 1.54) is 30.3 Å². The fourth-order valence-electron chi connectivity index (χ4n) is 2.65. The van der Waals surface area contributed by atoms with Gasteiger partial charge in [-0.2, -0.15) is 0 Å². The second-order valence-electron chi connectivity index (χ2n) is 5.86. The molecule has 2 N–H and O–H groups in total. The Morgan fingerprint density at radius 1 is 1.04 bits per heavy atom. The molecule has 126 valence electrons. The Labute approximate surface area is 136 Å². The van der Waals surface area contributed by atoms with Crippen molar-refractivity contribution in [3.63, 3.8) is 0 Å². The largest absolute Gasteiger partial charge is 0.504 e. The Balaban J connectivity index is 2.02. The molecule has 0 aliphatic carbocycles. The molecule has 1 aromatic heterocycles. The minimum Gasteiger partial charge on any atom is -0.504 e. The second-order valence-corrected chi connectivity index (χ2v) is 5.86. The summed E-state index contributed by atoms with van der Waals surface area (Å²) in [5.41, 5.74) is -0.0891. The van der Waals surface area contributed by atoms with Crippen LogP contribution in [0.15, 0.2) is 23.0 Å². The zero-order chi connectivity index (χ0) is 16.8. The molecule has 1 aromatic carbocycles. The Kier molecular flexibility index (Phi) is 5.90. The maximum absolute atomic E-state index is 11.8. The van der Waals surface area contributed by atoms with E-state index < -0.39 is 11.3 Å². The van der Waals surface area contributed by atoms with Crippen LogP contribution in [0.3, 0.4) is 0 Å². The SMILES string of the molecule is CCCCCCCCOc1ccc2c(O)c(O)c(=O)n(C)c2c1. The summed E-state index contributed by atoms with van der Waals surface area (Å²) in [6.07, 6.45) is 7.20. The van der Waals surface area contributed by atoms with Crippen LogP contribution in [0.25, 0.3) is 10.9 Å². The van der Waals surface area contributed by atoms with E-state index >= 15 is 0 Å². The number of benzene rings is 1. The summed E-state index contributed by atoms with van der Waals surface area (Å²) in [6, 6.07) is 5.11. The highest BCUT2D eigenvalue weighted by atomic mass is 16.5. The molecule has 0 aliphatic rings. The summed E-state index contributed by atoms with van der Waals surface area (Å²) in [6.45, 7) is 2.84. The average molecular weight is 319 g/mol. The zero-order valence-corrected chi connectivity index (χ0v) is 13.8. The van der Waals surface area contributed by atoms with E-state index in [2.05, 4.69) is 6.92 Å². The first kappa shape index (κ1) is 17.2. The smallest absolute Gasteiger partial charge is 0.296 e. The predicted octanol–water partition coefficient (Wildman–Crippen LogP) is 3.69. The van der Waals surface area contributed by atoms with Gasteiger partial charge in [-0.1, -0.05) is 39.0 Å². The van der Waals surface area contributed by atoms with Crippen LogP contribution in [0.4, 0.5) is 0 Å². The molecular weight excluding hydrogens is 294 g/mol. The molecule has 5 nitrogen and oxygen atoms in total. The molecule has 0 radical (unpaired) electrons. The van der Waals surface area contributed by atoms with Gasteiger partial charge in [0.1, 0.15) is 5.75 Å². The maximum atomic E-state index is 11.8. The van der Waals surface area contributed by atoms with Crippen LogP contribution >= 0.6 is 0 Å². The summed E-state index contributed by atoms with van der Waals surface area (Å²) in [4.78, 5) is 11.8. The number of hydrogen-bond donors (Lipinski definition) is 2. The van der Waals surface area contributed by atoms with Crippen molar-refractivity contribution < 1.29 is 14.9 Å². The number of pyridine rings is 1. The number of hydrogen-bond acceptors (Lipinski definition) is 4. The van der Waals surface area contributed by atoms with Crippen LogP contribution in [0.2, 0.25) is 0 Å². The van der Waals surface area contributed by atoms with Crippen LogP contribution < -0.4 is 10.3 Å². The van der Waals surface area contributed by atoms with Crippen molar-refractivity contribution in [3.8, 4) is 17.2 Å². The standard InChI is InChI=1S/C18H25NO4/c1-3-4-5-6-7-8-11-23-13-9-10-14-15(12-13)19(2)18(22)17(21)16(14)20/h9-10,12,20-21H,3-8,11H2,1-2H3. The number of aromatic hydroxyl groups is 2. The van der Waals surface area contributed by atoms with Gasteiger partial charge in [0, 0.05) is 18.5 Å². The molecule has 0 unspecified atom stereocenters. The van der Waals surface area contributed by atoms with E-state index in [4.69, 9.17) is 4.74 Å². The van der Waals surface area contributed by atoms with Gasteiger partial charge in [0.25, 0.3) is 5.56 Å². The van der Waals surface area contributed by atoms with Crippen molar-refractivity contribution in [2.45, 2.75) is 45.4 Å². The van der Waals surface area contributed by atoms with Crippen molar-refractivity contribution in [1.29, 1.82) is 0 Å². The summed E-state index contributed by atoms with van der Waals surface area (Å²) in [7, 11) is 1.56. The van der Waals surface area contributed by atoms with Crippen molar-refractivity contribution in [2.75, 3.05) is 6.61 Å². The Bertz CT molecular complexity index is 721. The van der Waals surface area contributed by atoms with Crippen molar-refractivity contribution in [1.82, 2.24) is 4.57 Å². The van der Waals surface area contributed by atoms with Gasteiger partial charge >= 0.3 is 0 Å². The lowest BCUT2D eigenvalue weighted by Gasteiger charge is -2.11. The van der Waals surface area contributed by atoms with Gasteiger partial charge in [-0.25, -0.2) is 0 Å². The Morgan fingerprint density at radius 2 is 1.74 bits per heavy atom. The molecule has 5 heteroatoms. The molecule has 0 spiro atoms. The number of ether oxygens (including phenoxy) is 1. The van der Waals surface area contributed by atoms with E-state index in [1.54, 1.807) is 25.2 Å². The molecule has 0 saturated carbocycles. The lowest BCUT2D eigenvalue weighted by atomic mass is 10.1. The fourth-order valence-corrected chi connectivity index (χ4v) is 2.65. The molecule has 2 aromatic rings. The number of aromatic nitrogens is 1. The van der Waals surface area contributed by atoms with E-state index in [0.29, 0.717) is 23.3 Å². The van der Waals surface area contributed by atoms with Crippen LogP contribution in [0.5, 0.6) is 17.2 Å². The van der Waals surface area contributed by atoms with E-state index in [-0.39, 0.29) is 5.75 Å². The third-order valence-electron chi connectivity index (χ3n) is 4.08. The van der Waals surface area contributed by atoms with Crippen LogP contribution in [-0.4, -0.2) is 21.4 Å². The molecule has 0 fully saturated rings. The normalized spacial score (nSPS) is 11.0. The monoisotopic (exact) mass is 319 g/mol. The van der Waals surface area contributed by atoms with Crippen LogP contribution in [0, 0.1) is 0 Å². The summed E-state index contributed by atoms with van der Waals surface area (Å²) < 4.78 is 7.03. The lowest BCUT2D eigenvalue weighted by molar-refractivity contribution is 0.304. The highest BCUT2D eigenvalue weighted by Crippen LogP contribution is 2.32. The van der Waals surface area contributed by atoms with Gasteiger partial charge in [-0.15, -0.1) is 0 Å². The number of fused-ring (bicyclic) bond motifs is 1. The minimum absolute atomic E-state index is 0.384. The van der Waals surface area contributed by atoms with Gasteiger partial charge in [0.15, 0.2) is 5.75 Å². The van der Waals surface area contributed by atoms with E-state index in [0.717, 1.165) is 12.8 Å². The third-order valence-corrected chi connectivity index (χ3v) is 4.08. The molecule has 23 heavy (non-hydrogen) atoms. The van der Waals surface area contributed by atoms with Gasteiger partial charge in [0.2, 0.25) is 5.75 Å². The van der Waals surface area contributed by atoms with Gasteiger partial charge in [-0.3, -0.25) is 4.79 Å². The molecule has 2 rings (SSSR count). The highest BCUT2D eigenvalue weighted by Gasteiger charge is 2.13. The molecular formula is C18H25NO4. The zero-order valence-electron chi connectivity index (χ0n) is 13.8. The van der Waals surface area contributed by atoms with Crippen molar-refractivity contribution >= 4 is 10.9 Å². The quantitative estimate of drug-likeness (QED) is 0.728. The van der Waals surface area contributed by atoms with Crippen LogP contribution in [-0.2, 0) is 7.05 Å². The number of rotatable bonds is 8. The fraction of sp³-hybridized carbons (Fsp3) is 0.500. The third kappa shape index (κ3) is 3.97. The van der Waals surface area contributed by atoms with Gasteiger partial charge in [-0.05, 0) is 18.6 Å². The van der Waals surface area contributed by atoms with Crippen molar-refractivity contribution in [3.05, 3.63) is 28.6 Å². The first-order valence-corrected chi connectivity index (χ1v) is 8.23. The highest BCUT2D eigenvalue weighted by molar-refractivity contribution is 5.88. The molecule has 0 saturated heterocycles. The predicted molar refractivity (Wildman–Crippen MR) is 91.4 cm³/mol. The molecule has 0 atom stereocenters. The lowest BCUT2D eigenvalue weighted by Crippen LogP contribution is -2.16. The molecule has 1 heterocycles. The minimum atomic E-state index is -0.624. The first-order valence-electron chi connectivity index (χ1n) is 8.23. The molecule has 0 bridgehead atoms. The first-order chi connectivity index (χ1) is 11.1. The number of unbranched alkanes of at least 4 members (excludes halogenated alkanes) is 5. The Morgan fingerprint density at radius 3 is 2.48 bits per heavy atom. The number of aryl methyl sites for hydroxylation is 1. The Hall–Kier alpha value is -2.17. The van der Waals surface area contributed by atoms with E-state index in [9.17, 15) is 15.0 Å². The topological polar surface area (TPSA) is 71.7 Å². The van der Waals surface area contributed by atoms with Gasteiger partial charge < -0.3 is 19.5 Å². The van der Waals surface area contributed by atoms with E-state index in [1.807, 2.05) is 0 Å². The second kappa shape index (κ2) is 7.90. The summed E-state index contributed by atoms with van der Waals surface area (Å²) >= 11 is 0. The average Bonchev–Trinajstić information content (AvgIpc) is 2.57. The molecule has 0 aliphatic heterocycles. The molecule has 0 amide bonds. The maximum Gasteiger partial charge on any atom is 0.296 e. The summed E-state index contributed by atoms with van der Waals surface area (Å²) in [5.74, 6) is -0.350. The number of nitrogens with zero attached hydrogens (tertiary/aromatic N) is 1. The summed E-state index contributed by atoms with van der Waals surface area (Å²) in [5, 5.41) is 19.9. The van der Waals surface area contributed by atoms with Crippen molar-refractivity contribution in [2.24, 2.45) is 7.05 Å². The van der Waals surface area contributed by atoms with Crippen LogP contribution in [0.1, 0.15) is 45.4 Å².